The lowest BCUT2D eigenvalue weighted by Crippen LogP contribution is -2.27. The first kappa shape index (κ1) is 20.9. The third-order valence-electron chi connectivity index (χ3n) is 5.44. The summed E-state index contributed by atoms with van der Waals surface area (Å²) < 4.78 is 25.5. The molecule has 152 valence electrons. The zero-order valence-corrected chi connectivity index (χ0v) is 17.7. The minimum atomic E-state index is -0.324. The molecular weight excluding hydrogens is 377 g/mol. The standard InChI is InChI=1S/C21H26FN3O2.H2S/c1-13-8-17(9-14(2)23-13)10-16-4-5-25(12-16)15(3)20-18(22)11-19-21(24-20)27-7-6-26-19;/h8-9,11,15-16H,4-7,10,12H2,1-3H3;1H2/t15?,16-;/m1./s1. The van der Waals surface area contributed by atoms with E-state index in [4.69, 9.17) is 9.47 Å². The van der Waals surface area contributed by atoms with Crippen LogP contribution in [0.5, 0.6) is 11.6 Å². The van der Waals surface area contributed by atoms with Gasteiger partial charge in [0.05, 0.1) is 11.7 Å². The Bertz CT molecular complexity index is 828. The predicted octanol–water partition coefficient (Wildman–Crippen LogP) is 3.74. The second-order valence-electron chi connectivity index (χ2n) is 7.64. The number of ether oxygens (including phenoxy) is 2. The highest BCUT2D eigenvalue weighted by atomic mass is 32.1. The normalized spacial score (nSPS) is 19.9. The molecule has 28 heavy (non-hydrogen) atoms. The number of hydrogen-bond donors (Lipinski definition) is 0. The van der Waals surface area contributed by atoms with Crippen LogP contribution in [-0.2, 0) is 6.42 Å². The Morgan fingerprint density at radius 3 is 2.61 bits per heavy atom. The van der Waals surface area contributed by atoms with Crippen molar-refractivity contribution in [3.05, 3.63) is 46.7 Å². The summed E-state index contributed by atoms with van der Waals surface area (Å²) in [4.78, 5) is 11.2. The van der Waals surface area contributed by atoms with Crippen LogP contribution >= 0.6 is 13.5 Å². The van der Waals surface area contributed by atoms with Gasteiger partial charge in [0.15, 0.2) is 5.75 Å². The van der Waals surface area contributed by atoms with Crippen LogP contribution in [0, 0.1) is 25.6 Å². The van der Waals surface area contributed by atoms with Gasteiger partial charge in [-0.05, 0) is 63.8 Å². The molecule has 0 radical (unpaired) electrons. The zero-order chi connectivity index (χ0) is 19.0. The van der Waals surface area contributed by atoms with E-state index in [1.54, 1.807) is 0 Å². The summed E-state index contributed by atoms with van der Waals surface area (Å²) in [5.74, 6) is 1.05. The Labute approximate surface area is 172 Å². The molecule has 0 spiro atoms. The molecule has 0 amide bonds. The molecule has 7 heteroatoms. The Balaban J connectivity index is 0.00000225. The van der Waals surface area contributed by atoms with Gasteiger partial charge in [0.1, 0.15) is 19.0 Å². The second-order valence-corrected chi connectivity index (χ2v) is 7.64. The molecule has 2 aromatic rings. The maximum Gasteiger partial charge on any atom is 0.257 e. The minimum absolute atomic E-state index is 0. The van der Waals surface area contributed by atoms with Crippen LogP contribution < -0.4 is 9.47 Å². The van der Waals surface area contributed by atoms with E-state index in [1.807, 2.05) is 20.8 Å². The van der Waals surface area contributed by atoms with E-state index in [0.717, 1.165) is 37.3 Å². The first-order valence-corrected chi connectivity index (χ1v) is 9.64. The van der Waals surface area contributed by atoms with Crippen LogP contribution in [0.3, 0.4) is 0 Å². The minimum Gasteiger partial charge on any atom is -0.484 e. The molecule has 0 saturated carbocycles. The maximum atomic E-state index is 14.6. The molecular formula is C21H28FN3O2S. The highest BCUT2D eigenvalue weighted by Crippen LogP contribution is 2.35. The van der Waals surface area contributed by atoms with Gasteiger partial charge in [-0.2, -0.15) is 13.5 Å². The molecule has 0 aliphatic carbocycles. The van der Waals surface area contributed by atoms with Crippen molar-refractivity contribution >= 4 is 13.5 Å². The summed E-state index contributed by atoms with van der Waals surface area (Å²) in [6, 6.07) is 5.65. The van der Waals surface area contributed by atoms with Gasteiger partial charge in [0, 0.05) is 24.0 Å². The number of fused-ring (bicyclic) bond motifs is 1. The molecule has 2 aliphatic rings. The summed E-state index contributed by atoms with van der Waals surface area (Å²) in [5, 5.41) is 0. The van der Waals surface area contributed by atoms with Crippen LogP contribution in [0.25, 0.3) is 0 Å². The first-order valence-electron chi connectivity index (χ1n) is 9.64. The third kappa shape index (κ3) is 4.41. The number of hydrogen-bond acceptors (Lipinski definition) is 5. The average molecular weight is 406 g/mol. The summed E-state index contributed by atoms with van der Waals surface area (Å²) in [6.45, 7) is 8.87. The SMILES string of the molecule is Cc1cc(C[C@H]2CCN(C(C)c3nc4c(cc3F)OCCO4)C2)cc(C)n1.S. The number of aromatic nitrogens is 2. The molecule has 0 aromatic carbocycles. The molecule has 4 heterocycles. The van der Waals surface area contributed by atoms with Gasteiger partial charge < -0.3 is 9.47 Å². The average Bonchev–Trinajstić information content (AvgIpc) is 3.08. The summed E-state index contributed by atoms with van der Waals surface area (Å²) in [5.41, 5.74) is 3.91. The van der Waals surface area contributed by atoms with Gasteiger partial charge in [-0.25, -0.2) is 9.37 Å². The van der Waals surface area contributed by atoms with Crippen molar-refractivity contribution in [1.29, 1.82) is 0 Å². The van der Waals surface area contributed by atoms with Gasteiger partial charge in [-0.1, -0.05) is 0 Å². The Kier molecular flexibility index (Phi) is 6.45. The van der Waals surface area contributed by atoms with Crippen molar-refractivity contribution in [2.75, 3.05) is 26.3 Å². The lowest BCUT2D eigenvalue weighted by Gasteiger charge is -2.26. The van der Waals surface area contributed by atoms with Crippen molar-refractivity contribution in [1.82, 2.24) is 14.9 Å². The van der Waals surface area contributed by atoms with Gasteiger partial charge in [0.25, 0.3) is 5.88 Å². The third-order valence-corrected chi connectivity index (χ3v) is 5.44. The topological polar surface area (TPSA) is 47.5 Å². The van der Waals surface area contributed by atoms with Crippen molar-refractivity contribution in [2.24, 2.45) is 5.92 Å². The summed E-state index contributed by atoms with van der Waals surface area (Å²) in [6.07, 6.45) is 2.14. The van der Waals surface area contributed by atoms with Crippen molar-refractivity contribution < 1.29 is 13.9 Å². The van der Waals surface area contributed by atoms with Crippen LogP contribution in [0.1, 0.15) is 42.0 Å². The van der Waals surface area contributed by atoms with Crippen LogP contribution in [-0.4, -0.2) is 41.2 Å². The van der Waals surface area contributed by atoms with Crippen LogP contribution in [0.2, 0.25) is 0 Å². The number of halogens is 1. The Morgan fingerprint density at radius 1 is 1.14 bits per heavy atom. The van der Waals surface area contributed by atoms with Crippen molar-refractivity contribution in [3.63, 3.8) is 0 Å². The molecule has 5 nitrogen and oxygen atoms in total. The van der Waals surface area contributed by atoms with E-state index in [2.05, 4.69) is 27.0 Å². The lowest BCUT2D eigenvalue weighted by molar-refractivity contribution is 0.160. The van der Waals surface area contributed by atoms with Crippen molar-refractivity contribution in [2.45, 2.75) is 39.7 Å². The number of likely N-dealkylation sites (tertiary alicyclic amines) is 1. The van der Waals surface area contributed by atoms with Gasteiger partial charge in [0.2, 0.25) is 0 Å². The highest BCUT2D eigenvalue weighted by Gasteiger charge is 2.30. The van der Waals surface area contributed by atoms with E-state index >= 15 is 0 Å². The molecule has 1 saturated heterocycles. The molecule has 2 aromatic heterocycles. The Morgan fingerprint density at radius 2 is 1.86 bits per heavy atom. The molecule has 2 aliphatic heterocycles. The molecule has 0 N–H and O–H groups in total. The summed E-state index contributed by atoms with van der Waals surface area (Å²) >= 11 is 0. The molecule has 0 bridgehead atoms. The van der Waals surface area contributed by atoms with Crippen molar-refractivity contribution in [3.8, 4) is 11.6 Å². The van der Waals surface area contributed by atoms with Gasteiger partial charge >= 0.3 is 0 Å². The first-order chi connectivity index (χ1) is 13.0. The van der Waals surface area contributed by atoms with Crippen LogP contribution in [0.4, 0.5) is 4.39 Å². The van der Waals surface area contributed by atoms with E-state index in [0.29, 0.717) is 36.5 Å². The number of rotatable bonds is 4. The molecule has 2 atom stereocenters. The fourth-order valence-corrected chi connectivity index (χ4v) is 4.18. The smallest absolute Gasteiger partial charge is 0.257 e. The van der Waals surface area contributed by atoms with Gasteiger partial charge in [-0.3, -0.25) is 9.88 Å². The van der Waals surface area contributed by atoms with E-state index in [-0.39, 0.29) is 25.4 Å². The Hall–Kier alpha value is -1.86. The quantitative estimate of drug-likeness (QED) is 0.776. The fraction of sp³-hybridized carbons (Fsp3) is 0.524. The van der Waals surface area contributed by atoms with E-state index in [1.165, 1.54) is 11.6 Å². The monoisotopic (exact) mass is 405 g/mol. The number of pyridine rings is 2. The van der Waals surface area contributed by atoms with Crippen LogP contribution in [0.15, 0.2) is 18.2 Å². The maximum absolute atomic E-state index is 14.6. The van der Waals surface area contributed by atoms with E-state index in [9.17, 15) is 4.39 Å². The number of nitrogens with zero attached hydrogens (tertiary/aromatic N) is 3. The second kappa shape index (κ2) is 8.66. The molecule has 1 unspecified atom stereocenters. The predicted molar refractivity (Wildman–Crippen MR) is 111 cm³/mol. The lowest BCUT2D eigenvalue weighted by atomic mass is 9.98. The zero-order valence-electron chi connectivity index (χ0n) is 16.7. The summed E-state index contributed by atoms with van der Waals surface area (Å²) in [7, 11) is 0. The molecule has 1 fully saturated rings. The highest BCUT2D eigenvalue weighted by molar-refractivity contribution is 7.59. The fourth-order valence-electron chi connectivity index (χ4n) is 4.18. The molecule has 4 rings (SSSR count). The van der Waals surface area contributed by atoms with Gasteiger partial charge in [-0.15, -0.1) is 0 Å². The largest absolute Gasteiger partial charge is 0.484 e. The number of aryl methyl sites for hydroxylation is 2. The van der Waals surface area contributed by atoms with E-state index < -0.39 is 0 Å².